The number of halogens is 5. The van der Waals surface area contributed by atoms with Crippen LogP contribution < -0.4 is 9.46 Å². The minimum absolute atomic E-state index is 0.00151. The van der Waals surface area contributed by atoms with Crippen molar-refractivity contribution in [2.45, 2.75) is 69.3 Å². The number of sulfonamides is 1. The van der Waals surface area contributed by atoms with Crippen LogP contribution in [0.25, 0.3) is 22.3 Å². The Morgan fingerprint density at radius 1 is 1.27 bits per heavy atom. The van der Waals surface area contributed by atoms with E-state index in [9.17, 15) is 35.6 Å². The van der Waals surface area contributed by atoms with E-state index < -0.39 is 33.7 Å². The van der Waals surface area contributed by atoms with Gasteiger partial charge in [0, 0.05) is 23.7 Å². The highest BCUT2D eigenvalue weighted by atomic mass is 32.2. The van der Waals surface area contributed by atoms with Gasteiger partial charge in [0.25, 0.3) is 0 Å². The molecule has 1 atom stereocenters. The second-order valence-corrected chi connectivity index (χ2v) is 10.5. The van der Waals surface area contributed by atoms with E-state index in [1.807, 2.05) is 4.57 Å². The van der Waals surface area contributed by atoms with Crippen molar-refractivity contribution >= 4 is 20.9 Å². The van der Waals surface area contributed by atoms with Gasteiger partial charge in [-0.15, -0.1) is 0 Å². The van der Waals surface area contributed by atoms with Crippen LogP contribution in [-0.4, -0.2) is 36.8 Å². The lowest BCUT2D eigenvalue weighted by atomic mass is 9.92. The molecule has 37 heavy (non-hydrogen) atoms. The Bertz CT molecular complexity index is 1460. The van der Waals surface area contributed by atoms with Crippen LogP contribution in [0.2, 0.25) is 0 Å². The summed E-state index contributed by atoms with van der Waals surface area (Å²) in [5, 5.41) is 10.6. The van der Waals surface area contributed by atoms with Crippen molar-refractivity contribution in [1.29, 1.82) is 5.26 Å². The number of rotatable bonds is 8. The maximum Gasteiger partial charge on any atom is 0.404 e. The molecular weight excluding hydrogens is 519 g/mol. The fourth-order valence-corrected chi connectivity index (χ4v) is 5.47. The third kappa shape index (κ3) is 5.13. The molecule has 1 aromatic carbocycles. The van der Waals surface area contributed by atoms with E-state index >= 15 is 0 Å². The number of nitriles is 1. The zero-order valence-corrected chi connectivity index (χ0v) is 20.6. The molecule has 2 aromatic heterocycles. The summed E-state index contributed by atoms with van der Waals surface area (Å²) >= 11 is 0. The number of aromatic nitrogens is 2. The summed E-state index contributed by atoms with van der Waals surface area (Å²) in [6, 6.07) is 5.33. The van der Waals surface area contributed by atoms with E-state index in [2.05, 4.69) is 11.1 Å². The molecule has 0 saturated heterocycles. The van der Waals surface area contributed by atoms with E-state index in [0.717, 1.165) is 31.5 Å². The predicted molar refractivity (Wildman–Crippen MR) is 125 cm³/mol. The third-order valence-electron chi connectivity index (χ3n) is 6.45. The summed E-state index contributed by atoms with van der Waals surface area (Å²) in [4.78, 5) is 3.71. The number of aryl methyl sites for hydroxylation is 1. The average Bonchev–Trinajstić information content (AvgIpc) is 3.09. The monoisotopic (exact) mass is 542 g/mol. The Kier molecular flexibility index (Phi) is 7.18. The molecule has 4 rings (SSSR count). The van der Waals surface area contributed by atoms with Crippen LogP contribution in [0.1, 0.15) is 50.3 Å². The third-order valence-corrected chi connectivity index (χ3v) is 7.97. The topological polar surface area (TPSA) is 97.0 Å². The Hall–Kier alpha value is -3.24. The summed E-state index contributed by atoms with van der Waals surface area (Å²) in [6.07, 6.45) is -1.00. The number of ether oxygens (including phenoxy) is 1. The van der Waals surface area contributed by atoms with E-state index in [1.54, 1.807) is 17.7 Å². The van der Waals surface area contributed by atoms with Crippen LogP contribution in [0.5, 0.6) is 5.75 Å². The zero-order chi connectivity index (χ0) is 27.1. The summed E-state index contributed by atoms with van der Waals surface area (Å²) in [7, 11) is -4.52. The fourth-order valence-electron chi connectivity index (χ4n) is 4.30. The van der Waals surface area contributed by atoms with Gasteiger partial charge < -0.3 is 9.30 Å². The van der Waals surface area contributed by atoms with Gasteiger partial charge in [-0.3, -0.25) is 4.98 Å². The lowest BCUT2D eigenvalue weighted by Gasteiger charge is -2.30. The number of hydrogen-bond donors (Lipinski definition) is 1. The Morgan fingerprint density at radius 2 is 1.97 bits per heavy atom. The van der Waals surface area contributed by atoms with Gasteiger partial charge in [-0.25, -0.2) is 8.42 Å². The van der Waals surface area contributed by atoms with Crippen molar-refractivity contribution < 1.29 is 35.1 Å². The standard InChI is InChI=1S/C24H23F5N4O3S/c1-3-14-9-17-18(11-30)22(33(15-5-4-6-15)20(17)10-21(14)36-23(25)26)19-8-7-16(12-31-19)37(34,35)32-13(2)24(27,28)29/h7-10,12-13,15,23,32H,3-6H2,1-2H3/t13-/m0/s1. The Labute approximate surface area is 209 Å². The SMILES string of the molecule is CCc1cc2c(C#N)c(-c3ccc(S(=O)(=O)N[C@@H](C)C(F)(F)F)cn3)n(C3CCC3)c2cc1OC(F)F. The molecule has 1 N–H and O–H groups in total. The minimum atomic E-state index is -4.77. The normalized spacial score (nSPS) is 15.5. The van der Waals surface area contributed by atoms with Gasteiger partial charge in [-0.2, -0.15) is 31.9 Å². The number of benzene rings is 1. The molecular formula is C24H23F5N4O3S. The number of hydrogen-bond acceptors (Lipinski definition) is 5. The van der Waals surface area contributed by atoms with Gasteiger partial charge in [0.15, 0.2) is 0 Å². The van der Waals surface area contributed by atoms with Crippen molar-refractivity contribution in [1.82, 2.24) is 14.3 Å². The second-order valence-electron chi connectivity index (χ2n) is 8.76. The fraction of sp³-hybridized carbons (Fsp3) is 0.417. The van der Waals surface area contributed by atoms with Gasteiger partial charge in [0.1, 0.15) is 22.8 Å². The van der Waals surface area contributed by atoms with Crippen LogP contribution in [-0.2, 0) is 16.4 Å². The van der Waals surface area contributed by atoms with Crippen LogP contribution in [0.3, 0.4) is 0 Å². The van der Waals surface area contributed by atoms with Crippen molar-refractivity contribution in [3.8, 4) is 23.2 Å². The van der Waals surface area contributed by atoms with E-state index in [-0.39, 0.29) is 23.0 Å². The molecule has 1 saturated carbocycles. The first-order valence-corrected chi connectivity index (χ1v) is 13.0. The number of pyridine rings is 1. The highest BCUT2D eigenvalue weighted by molar-refractivity contribution is 7.89. The zero-order valence-electron chi connectivity index (χ0n) is 19.8. The van der Waals surface area contributed by atoms with E-state index in [1.165, 1.54) is 12.1 Å². The lowest BCUT2D eigenvalue weighted by Crippen LogP contribution is -2.42. The van der Waals surface area contributed by atoms with Gasteiger partial charge in [0.05, 0.1) is 22.5 Å². The minimum Gasteiger partial charge on any atom is -0.434 e. The largest absolute Gasteiger partial charge is 0.434 e. The maximum atomic E-state index is 13.1. The molecule has 1 aliphatic carbocycles. The maximum absolute atomic E-state index is 13.1. The number of fused-ring (bicyclic) bond motifs is 1. The molecule has 3 aromatic rings. The van der Waals surface area contributed by atoms with Crippen LogP contribution in [0.4, 0.5) is 22.0 Å². The van der Waals surface area contributed by atoms with E-state index in [4.69, 9.17) is 4.74 Å². The smallest absolute Gasteiger partial charge is 0.404 e. The molecule has 0 aliphatic heterocycles. The van der Waals surface area contributed by atoms with Crippen LogP contribution in [0, 0.1) is 11.3 Å². The Morgan fingerprint density at radius 3 is 2.46 bits per heavy atom. The molecule has 198 valence electrons. The first-order chi connectivity index (χ1) is 17.4. The van der Waals surface area contributed by atoms with Gasteiger partial charge in [-0.05, 0) is 56.4 Å². The first kappa shape index (κ1) is 26.8. The molecule has 0 bridgehead atoms. The predicted octanol–water partition coefficient (Wildman–Crippen LogP) is 5.69. The molecule has 7 nitrogen and oxygen atoms in total. The van der Waals surface area contributed by atoms with Crippen LogP contribution in [0.15, 0.2) is 35.4 Å². The summed E-state index contributed by atoms with van der Waals surface area (Å²) in [6.45, 7) is -0.578. The summed E-state index contributed by atoms with van der Waals surface area (Å²) in [5.41, 5.74) is 1.81. The summed E-state index contributed by atoms with van der Waals surface area (Å²) in [5.74, 6) is -0.00151. The highest BCUT2D eigenvalue weighted by Gasteiger charge is 2.39. The highest BCUT2D eigenvalue weighted by Crippen LogP contribution is 2.44. The van der Waals surface area contributed by atoms with Crippen LogP contribution >= 0.6 is 0 Å². The number of nitrogens with zero attached hydrogens (tertiary/aromatic N) is 3. The lowest BCUT2D eigenvalue weighted by molar-refractivity contribution is -0.147. The summed E-state index contributed by atoms with van der Waals surface area (Å²) < 4.78 is 97.7. The number of alkyl halides is 5. The van der Waals surface area contributed by atoms with Crippen molar-refractivity contribution in [3.05, 3.63) is 41.6 Å². The average molecular weight is 543 g/mol. The van der Waals surface area contributed by atoms with Crippen molar-refractivity contribution in [2.75, 3.05) is 0 Å². The second kappa shape index (κ2) is 9.90. The number of nitrogens with one attached hydrogen (secondary N) is 1. The van der Waals surface area contributed by atoms with Crippen molar-refractivity contribution in [2.24, 2.45) is 0 Å². The Balaban J connectivity index is 1.85. The van der Waals surface area contributed by atoms with Gasteiger partial charge >= 0.3 is 12.8 Å². The first-order valence-electron chi connectivity index (χ1n) is 11.5. The van der Waals surface area contributed by atoms with E-state index in [0.29, 0.717) is 35.5 Å². The van der Waals surface area contributed by atoms with Crippen molar-refractivity contribution in [3.63, 3.8) is 0 Å². The molecule has 1 aliphatic rings. The molecule has 1 fully saturated rings. The molecule has 0 radical (unpaired) electrons. The molecule has 2 heterocycles. The molecule has 0 amide bonds. The quantitative estimate of drug-likeness (QED) is 0.369. The molecule has 0 unspecified atom stereocenters. The van der Waals surface area contributed by atoms with Gasteiger partial charge in [0.2, 0.25) is 10.0 Å². The molecule has 13 heteroatoms. The van der Waals surface area contributed by atoms with Gasteiger partial charge in [-0.1, -0.05) is 6.92 Å². The molecule has 0 spiro atoms.